The number of carboxylic acids is 1. The highest BCUT2D eigenvalue weighted by atomic mass is 32.1. The smallest absolute Gasteiger partial charge is 0.304 e. The normalized spacial score (nSPS) is 12.8. The van der Waals surface area contributed by atoms with Crippen LogP contribution in [0.4, 0.5) is 0 Å². The largest absolute Gasteiger partial charge is 0.481 e. The number of nitrogens with one attached hydrogen (secondary N) is 1. The summed E-state index contributed by atoms with van der Waals surface area (Å²) in [6, 6.07) is 3.82. The lowest BCUT2D eigenvalue weighted by Gasteiger charge is -2.25. The van der Waals surface area contributed by atoms with Crippen LogP contribution in [0, 0.1) is 0 Å². The summed E-state index contributed by atoms with van der Waals surface area (Å²) in [5.74, 6) is -0.802. The highest BCUT2D eigenvalue weighted by Crippen LogP contribution is 2.29. The summed E-state index contributed by atoms with van der Waals surface area (Å²) >= 11 is 1.54. The number of H-pyrrole nitrogens is 1. The topological polar surface area (TPSA) is 95.2 Å². The molecule has 2 aromatic rings. The number of carboxylic acid groups (broad SMARTS) is 1. The molecule has 2 heterocycles. The summed E-state index contributed by atoms with van der Waals surface area (Å²) in [5.41, 5.74) is 7.45. The van der Waals surface area contributed by atoms with E-state index in [1.54, 1.807) is 11.3 Å². The van der Waals surface area contributed by atoms with Gasteiger partial charge in [-0.15, -0.1) is 11.3 Å². The third-order valence-corrected chi connectivity index (χ3v) is 3.99. The molecule has 0 fully saturated rings. The van der Waals surface area contributed by atoms with E-state index in [1.807, 2.05) is 35.7 Å². The Bertz CT molecular complexity index is 552. The Morgan fingerprint density at radius 2 is 2.45 bits per heavy atom. The Morgan fingerprint density at radius 3 is 3.00 bits per heavy atom. The van der Waals surface area contributed by atoms with Gasteiger partial charge in [-0.1, -0.05) is 0 Å². The zero-order valence-electron chi connectivity index (χ0n) is 11.2. The second-order valence-electron chi connectivity index (χ2n) is 4.53. The van der Waals surface area contributed by atoms with Gasteiger partial charge in [0.1, 0.15) is 11.0 Å². The van der Waals surface area contributed by atoms with E-state index >= 15 is 0 Å². The minimum Gasteiger partial charge on any atom is -0.481 e. The van der Waals surface area contributed by atoms with Gasteiger partial charge in [-0.25, -0.2) is 4.98 Å². The molecule has 0 saturated carbocycles. The Kier molecular flexibility index (Phi) is 4.89. The first-order valence-corrected chi connectivity index (χ1v) is 7.19. The third kappa shape index (κ3) is 3.44. The van der Waals surface area contributed by atoms with E-state index in [2.05, 4.69) is 9.97 Å². The van der Waals surface area contributed by atoms with Crippen LogP contribution in [-0.4, -0.2) is 39.5 Å². The maximum Gasteiger partial charge on any atom is 0.304 e. The van der Waals surface area contributed by atoms with E-state index in [0.29, 0.717) is 13.1 Å². The second kappa shape index (κ2) is 6.65. The quantitative estimate of drug-likeness (QED) is 0.718. The van der Waals surface area contributed by atoms with Gasteiger partial charge in [0.2, 0.25) is 0 Å². The summed E-state index contributed by atoms with van der Waals surface area (Å²) in [6.07, 6.45) is 1.95. The summed E-state index contributed by atoms with van der Waals surface area (Å²) in [5, 5.41) is 11.7. The highest BCUT2D eigenvalue weighted by molar-refractivity contribution is 7.09. The molecule has 0 aliphatic carbocycles. The zero-order chi connectivity index (χ0) is 14.5. The SMILES string of the molecule is CN(CCC(=O)O)C(c1ccc[nH]1)c1nc(CN)cs1. The predicted octanol–water partition coefficient (Wildman–Crippen LogP) is 1.43. The Labute approximate surface area is 121 Å². The van der Waals surface area contributed by atoms with Gasteiger partial charge in [0.15, 0.2) is 0 Å². The first-order valence-electron chi connectivity index (χ1n) is 6.31. The van der Waals surface area contributed by atoms with Crippen molar-refractivity contribution in [3.63, 3.8) is 0 Å². The van der Waals surface area contributed by atoms with Gasteiger partial charge >= 0.3 is 5.97 Å². The van der Waals surface area contributed by atoms with Gasteiger partial charge in [-0.05, 0) is 19.2 Å². The number of hydrogen-bond acceptors (Lipinski definition) is 5. The van der Waals surface area contributed by atoms with Crippen molar-refractivity contribution < 1.29 is 9.90 Å². The minimum absolute atomic E-state index is 0.0744. The van der Waals surface area contributed by atoms with Gasteiger partial charge in [0, 0.05) is 30.4 Å². The third-order valence-electron chi connectivity index (χ3n) is 3.05. The molecule has 0 aromatic carbocycles. The molecule has 0 spiro atoms. The van der Waals surface area contributed by atoms with E-state index in [4.69, 9.17) is 10.8 Å². The van der Waals surface area contributed by atoms with Crippen LogP contribution >= 0.6 is 11.3 Å². The van der Waals surface area contributed by atoms with Gasteiger partial charge in [0.25, 0.3) is 0 Å². The molecule has 6 nitrogen and oxygen atoms in total. The zero-order valence-corrected chi connectivity index (χ0v) is 12.1. The fourth-order valence-electron chi connectivity index (χ4n) is 2.02. The highest BCUT2D eigenvalue weighted by Gasteiger charge is 2.23. The monoisotopic (exact) mass is 294 g/mol. The average molecular weight is 294 g/mol. The van der Waals surface area contributed by atoms with Crippen molar-refractivity contribution >= 4 is 17.3 Å². The van der Waals surface area contributed by atoms with Crippen molar-refractivity contribution in [1.29, 1.82) is 0 Å². The van der Waals surface area contributed by atoms with Crippen molar-refractivity contribution in [3.05, 3.63) is 40.1 Å². The summed E-state index contributed by atoms with van der Waals surface area (Å²) in [7, 11) is 1.90. The molecule has 20 heavy (non-hydrogen) atoms. The number of nitrogens with zero attached hydrogens (tertiary/aromatic N) is 2. The van der Waals surface area contributed by atoms with Crippen LogP contribution in [0.15, 0.2) is 23.7 Å². The van der Waals surface area contributed by atoms with Crippen molar-refractivity contribution in [1.82, 2.24) is 14.9 Å². The lowest BCUT2D eigenvalue weighted by atomic mass is 10.2. The number of rotatable bonds is 7. The van der Waals surface area contributed by atoms with Crippen molar-refractivity contribution in [2.24, 2.45) is 5.73 Å². The maximum absolute atomic E-state index is 10.7. The predicted molar refractivity (Wildman–Crippen MR) is 77.5 cm³/mol. The first kappa shape index (κ1) is 14.7. The number of aromatic amines is 1. The molecule has 1 unspecified atom stereocenters. The second-order valence-corrected chi connectivity index (χ2v) is 5.42. The van der Waals surface area contributed by atoms with Gasteiger partial charge in [-0.3, -0.25) is 9.69 Å². The molecule has 0 saturated heterocycles. The van der Waals surface area contributed by atoms with Gasteiger partial charge < -0.3 is 15.8 Å². The van der Waals surface area contributed by atoms with Crippen molar-refractivity contribution in [2.45, 2.75) is 19.0 Å². The molecule has 1 atom stereocenters. The molecule has 4 N–H and O–H groups in total. The molecular formula is C13H18N4O2S. The van der Waals surface area contributed by atoms with Crippen molar-refractivity contribution in [3.8, 4) is 0 Å². The maximum atomic E-state index is 10.7. The molecule has 7 heteroatoms. The number of aliphatic carboxylic acids is 1. The average Bonchev–Trinajstić information content (AvgIpc) is 3.08. The minimum atomic E-state index is -0.802. The lowest BCUT2D eigenvalue weighted by Crippen LogP contribution is -2.28. The fraction of sp³-hybridized carbons (Fsp3) is 0.385. The van der Waals surface area contributed by atoms with Crippen LogP contribution in [0.25, 0.3) is 0 Å². The van der Waals surface area contributed by atoms with E-state index in [9.17, 15) is 4.79 Å². The molecule has 0 bridgehead atoms. The van der Waals surface area contributed by atoms with Crippen molar-refractivity contribution in [2.75, 3.05) is 13.6 Å². The van der Waals surface area contributed by atoms with Crippen LogP contribution in [0.3, 0.4) is 0 Å². The number of thiazole rings is 1. The standard InChI is InChI=1S/C13H18N4O2S/c1-17(6-4-11(18)19)12(10-3-2-5-15-10)13-16-9(7-14)8-20-13/h2-3,5,8,12,15H,4,6-7,14H2,1H3,(H,18,19). The number of carbonyl (C=O) groups is 1. The first-order chi connectivity index (χ1) is 9.61. The van der Waals surface area contributed by atoms with Crippen LogP contribution in [0.2, 0.25) is 0 Å². The number of hydrogen-bond donors (Lipinski definition) is 3. The molecule has 108 valence electrons. The van der Waals surface area contributed by atoms with Gasteiger partial charge in [-0.2, -0.15) is 0 Å². The summed E-state index contributed by atoms with van der Waals surface area (Å²) in [4.78, 5) is 20.4. The van der Waals surface area contributed by atoms with Gasteiger partial charge in [0.05, 0.1) is 12.1 Å². The molecule has 2 aromatic heterocycles. The van der Waals surface area contributed by atoms with E-state index < -0.39 is 5.97 Å². The molecular weight excluding hydrogens is 276 g/mol. The summed E-state index contributed by atoms with van der Waals surface area (Å²) in [6.45, 7) is 0.864. The van der Waals surface area contributed by atoms with E-state index in [-0.39, 0.29) is 12.5 Å². The van der Waals surface area contributed by atoms with E-state index in [1.165, 1.54) is 0 Å². The van der Waals surface area contributed by atoms with Crippen LogP contribution in [0.1, 0.15) is 28.9 Å². The van der Waals surface area contributed by atoms with Crippen LogP contribution in [-0.2, 0) is 11.3 Å². The van der Waals surface area contributed by atoms with Crippen LogP contribution in [0.5, 0.6) is 0 Å². The molecule has 0 aliphatic rings. The molecule has 2 rings (SSSR count). The number of aromatic nitrogens is 2. The Balaban J connectivity index is 2.23. The molecule has 0 amide bonds. The Hall–Kier alpha value is -1.70. The van der Waals surface area contributed by atoms with E-state index in [0.717, 1.165) is 16.4 Å². The number of nitrogens with two attached hydrogens (primary N) is 1. The van der Waals surface area contributed by atoms with Crippen LogP contribution < -0.4 is 5.73 Å². The summed E-state index contributed by atoms with van der Waals surface area (Å²) < 4.78 is 0. The molecule has 0 aliphatic heterocycles. The Morgan fingerprint density at radius 1 is 1.65 bits per heavy atom. The lowest BCUT2D eigenvalue weighted by molar-refractivity contribution is -0.137. The molecule has 0 radical (unpaired) electrons. The fourth-order valence-corrected chi connectivity index (χ4v) is 3.03.